The summed E-state index contributed by atoms with van der Waals surface area (Å²) in [7, 11) is 3.04. The Hall–Kier alpha value is -2.41. The summed E-state index contributed by atoms with van der Waals surface area (Å²) < 4.78 is 10.3. The Bertz CT molecular complexity index is 494. The summed E-state index contributed by atoms with van der Waals surface area (Å²) in [5.74, 6) is 0. The molecule has 18 heavy (non-hydrogen) atoms. The maximum absolute atomic E-state index is 8.58. The van der Waals surface area contributed by atoms with E-state index in [4.69, 9.17) is 20.0 Å². The molecule has 92 valence electrons. The third-order valence-corrected chi connectivity index (χ3v) is 2.14. The van der Waals surface area contributed by atoms with Crippen LogP contribution in [0.2, 0.25) is 0 Å². The summed E-state index contributed by atoms with van der Waals surface area (Å²) in [5.41, 5.74) is 3.72. The van der Waals surface area contributed by atoms with E-state index >= 15 is 0 Å². The number of nitrogens with one attached hydrogen (secondary N) is 1. The Morgan fingerprint density at radius 1 is 1.22 bits per heavy atom. The summed E-state index contributed by atoms with van der Waals surface area (Å²) in [6.07, 6.45) is -0.545. The molecule has 0 amide bonds. The monoisotopic (exact) mass is 244 g/mol. The highest BCUT2D eigenvalue weighted by atomic mass is 16.7. The van der Waals surface area contributed by atoms with Gasteiger partial charge in [-0.15, -0.1) is 0 Å². The Labute approximate surface area is 105 Å². The number of hydrogen-bond acceptors (Lipinski definition) is 6. The first kappa shape index (κ1) is 13.7. The number of methoxy groups -OCH3 is 2. The van der Waals surface area contributed by atoms with Crippen molar-refractivity contribution in [2.24, 2.45) is 5.10 Å². The Kier molecular flexibility index (Phi) is 5.33. The quantitative estimate of drug-likeness (QED) is 0.484. The second kappa shape index (κ2) is 7.02. The average molecular weight is 244 g/mol. The molecule has 1 rings (SSSR count). The smallest absolute Gasteiger partial charge is 0.237 e. The second-order valence-electron chi connectivity index (χ2n) is 3.19. The van der Waals surface area contributed by atoms with Crippen LogP contribution in [-0.2, 0) is 9.47 Å². The number of hydrogen-bond donors (Lipinski definition) is 1. The van der Waals surface area contributed by atoms with E-state index in [9.17, 15) is 0 Å². The summed E-state index contributed by atoms with van der Waals surface area (Å²) >= 11 is 0. The van der Waals surface area contributed by atoms with Crippen molar-refractivity contribution in [3.05, 3.63) is 29.8 Å². The summed E-state index contributed by atoms with van der Waals surface area (Å²) in [6.45, 7) is 0. The van der Waals surface area contributed by atoms with E-state index in [-0.39, 0.29) is 5.71 Å². The molecular formula is C12H12N4O2. The minimum Gasteiger partial charge on any atom is -0.352 e. The van der Waals surface area contributed by atoms with Crippen LogP contribution >= 0.6 is 0 Å². The molecule has 0 aliphatic carbocycles. The van der Waals surface area contributed by atoms with Gasteiger partial charge in [0.1, 0.15) is 12.1 Å². The molecule has 0 aliphatic rings. The molecule has 1 aromatic rings. The van der Waals surface area contributed by atoms with E-state index in [1.54, 1.807) is 30.3 Å². The van der Waals surface area contributed by atoms with Crippen LogP contribution in [0.15, 0.2) is 29.4 Å². The van der Waals surface area contributed by atoms with E-state index in [2.05, 4.69) is 10.5 Å². The minimum atomic E-state index is -0.545. The molecule has 0 bridgehead atoms. The molecule has 0 fully saturated rings. The molecule has 0 radical (unpaired) electrons. The van der Waals surface area contributed by atoms with Gasteiger partial charge in [0.25, 0.3) is 0 Å². The molecule has 0 saturated heterocycles. The lowest BCUT2D eigenvalue weighted by molar-refractivity contribution is -0.105. The lowest BCUT2D eigenvalue weighted by atomic mass is 10.2. The van der Waals surface area contributed by atoms with Crippen LogP contribution in [0.1, 0.15) is 11.9 Å². The number of hydrazone groups is 1. The van der Waals surface area contributed by atoms with E-state index < -0.39 is 6.29 Å². The highest BCUT2D eigenvalue weighted by Crippen LogP contribution is 2.25. The van der Waals surface area contributed by atoms with Crippen LogP contribution in [0.25, 0.3) is 0 Å². The number of benzene rings is 1. The second-order valence-corrected chi connectivity index (χ2v) is 3.19. The van der Waals surface area contributed by atoms with Crippen molar-refractivity contribution in [2.45, 2.75) is 6.29 Å². The predicted octanol–water partition coefficient (Wildman–Crippen LogP) is 1.79. The fourth-order valence-corrected chi connectivity index (χ4v) is 1.35. The van der Waals surface area contributed by atoms with E-state index in [1.807, 2.05) is 6.07 Å². The molecule has 0 atom stereocenters. The van der Waals surface area contributed by atoms with Crippen molar-refractivity contribution in [3.8, 4) is 12.1 Å². The third-order valence-electron chi connectivity index (χ3n) is 2.14. The Morgan fingerprint density at radius 3 is 2.39 bits per heavy atom. The SMILES string of the molecule is COC(OC)c1ccccc1NN=C(C#N)C#N. The molecule has 6 heteroatoms. The summed E-state index contributed by atoms with van der Waals surface area (Å²) in [4.78, 5) is 0. The van der Waals surface area contributed by atoms with Crippen molar-refractivity contribution in [2.75, 3.05) is 19.6 Å². The zero-order valence-electron chi connectivity index (χ0n) is 10.0. The van der Waals surface area contributed by atoms with Crippen molar-refractivity contribution < 1.29 is 9.47 Å². The first-order valence-corrected chi connectivity index (χ1v) is 5.05. The first-order chi connectivity index (χ1) is 8.76. The zero-order valence-corrected chi connectivity index (χ0v) is 10.0. The molecule has 0 aromatic heterocycles. The fraction of sp³-hybridized carbons (Fsp3) is 0.250. The van der Waals surface area contributed by atoms with Gasteiger partial charge in [-0.25, -0.2) is 0 Å². The highest BCUT2D eigenvalue weighted by Gasteiger charge is 2.13. The highest BCUT2D eigenvalue weighted by molar-refractivity contribution is 6.10. The van der Waals surface area contributed by atoms with Crippen molar-refractivity contribution in [3.63, 3.8) is 0 Å². The topological polar surface area (TPSA) is 90.4 Å². The number of nitriles is 2. The van der Waals surface area contributed by atoms with Crippen molar-refractivity contribution >= 4 is 11.4 Å². The van der Waals surface area contributed by atoms with Gasteiger partial charge in [-0.1, -0.05) is 18.2 Å². The minimum absolute atomic E-state index is 0.254. The Balaban J connectivity index is 3.01. The Morgan fingerprint density at radius 2 is 1.83 bits per heavy atom. The van der Waals surface area contributed by atoms with Gasteiger partial charge in [0, 0.05) is 19.8 Å². The van der Waals surface area contributed by atoms with E-state index in [1.165, 1.54) is 14.2 Å². The van der Waals surface area contributed by atoms with E-state index in [0.717, 1.165) is 5.56 Å². The summed E-state index contributed by atoms with van der Waals surface area (Å²) in [5, 5.41) is 20.8. The summed E-state index contributed by atoms with van der Waals surface area (Å²) in [6, 6.07) is 10.5. The third kappa shape index (κ3) is 3.29. The predicted molar refractivity (Wildman–Crippen MR) is 65.5 cm³/mol. The van der Waals surface area contributed by atoms with Gasteiger partial charge in [0.2, 0.25) is 5.71 Å². The molecule has 0 unspecified atom stereocenters. The number of para-hydroxylation sites is 1. The van der Waals surface area contributed by atoms with Gasteiger partial charge in [-0.05, 0) is 6.07 Å². The molecule has 0 aliphatic heterocycles. The molecule has 6 nitrogen and oxygen atoms in total. The molecule has 1 aromatic carbocycles. The van der Waals surface area contributed by atoms with Gasteiger partial charge >= 0.3 is 0 Å². The molecular weight excluding hydrogens is 232 g/mol. The van der Waals surface area contributed by atoms with Gasteiger partial charge in [-0.2, -0.15) is 15.6 Å². The fourth-order valence-electron chi connectivity index (χ4n) is 1.35. The lowest BCUT2D eigenvalue weighted by Gasteiger charge is -2.16. The van der Waals surface area contributed by atoms with Crippen LogP contribution in [0.4, 0.5) is 5.69 Å². The normalized spacial score (nSPS) is 9.39. The molecule has 0 heterocycles. The molecule has 0 saturated carbocycles. The number of nitrogens with zero attached hydrogens (tertiary/aromatic N) is 3. The maximum atomic E-state index is 8.58. The van der Waals surface area contributed by atoms with Gasteiger partial charge in [0.15, 0.2) is 6.29 Å². The zero-order chi connectivity index (χ0) is 13.4. The van der Waals surface area contributed by atoms with Crippen LogP contribution in [0, 0.1) is 22.7 Å². The lowest BCUT2D eigenvalue weighted by Crippen LogP contribution is -2.07. The van der Waals surface area contributed by atoms with Gasteiger partial charge in [0.05, 0.1) is 5.69 Å². The maximum Gasteiger partial charge on any atom is 0.237 e. The first-order valence-electron chi connectivity index (χ1n) is 5.05. The van der Waals surface area contributed by atoms with Crippen molar-refractivity contribution in [1.82, 2.24) is 0 Å². The number of rotatable bonds is 5. The standard InChI is InChI=1S/C12H12N4O2/c1-17-12(18-2)10-5-3-4-6-11(10)16-15-9(7-13)8-14/h3-6,12,16H,1-2H3. The van der Waals surface area contributed by atoms with Crippen molar-refractivity contribution in [1.29, 1.82) is 10.5 Å². The number of ether oxygens (including phenoxy) is 2. The van der Waals surface area contributed by atoms with Gasteiger partial charge in [-0.3, -0.25) is 5.43 Å². The molecule has 1 N–H and O–H groups in total. The van der Waals surface area contributed by atoms with Crippen LogP contribution in [-0.4, -0.2) is 19.9 Å². The van der Waals surface area contributed by atoms with Crippen LogP contribution in [0.5, 0.6) is 0 Å². The van der Waals surface area contributed by atoms with Gasteiger partial charge < -0.3 is 9.47 Å². The van der Waals surface area contributed by atoms with E-state index in [0.29, 0.717) is 5.69 Å². The average Bonchev–Trinajstić information content (AvgIpc) is 2.42. The van der Waals surface area contributed by atoms with Crippen LogP contribution < -0.4 is 5.43 Å². The van der Waals surface area contributed by atoms with Crippen LogP contribution in [0.3, 0.4) is 0 Å². The molecule has 0 spiro atoms. The number of anilines is 1. The largest absolute Gasteiger partial charge is 0.352 e.